The highest BCUT2D eigenvalue weighted by molar-refractivity contribution is 5.96. The van der Waals surface area contributed by atoms with Crippen LogP contribution in [0.5, 0.6) is 0 Å². The predicted octanol–water partition coefficient (Wildman–Crippen LogP) is 5.52. The van der Waals surface area contributed by atoms with E-state index in [2.05, 4.69) is 0 Å². The largest absolute Gasteiger partial charge is 0.385 e. The first-order valence-electron chi connectivity index (χ1n) is 13.2. The summed E-state index contributed by atoms with van der Waals surface area (Å²) >= 11 is 0. The van der Waals surface area contributed by atoms with E-state index in [-0.39, 0.29) is 30.4 Å². The molecule has 0 aliphatic heterocycles. The second kappa shape index (κ2) is 14.2. The van der Waals surface area contributed by atoms with Crippen LogP contribution in [-0.4, -0.2) is 53.0 Å². The molecule has 208 valence electrons. The molecule has 4 rings (SSSR count). The lowest BCUT2D eigenvalue weighted by atomic mass is 10.1. The molecule has 2 amide bonds. The van der Waals surface area contributed by atoms with E-state index in [9.17, 15) is 18.4 Å². The minimum absolute atomic E-state index is 0.162. The van der Waals surface area contributed by atoms with Gasteiger partial charge in [-0.05, 0) is 60.0 Å². The smallest absolute Gasteiger partial charge is 0.254 e. The molecule has 0 saturated heterocycles. The van der Waals surface area contributed by atoms with E-state index >= 15 is 0 Å². The van der Waals surface area contributed by atoms with Crippen molar-refractivity contribution in [2.45, 2.75) is 26.1 Å². The quantitative estimate of drug-likeness (QED) is 0.208. The molecule has 0 unspecified atom stereocenters. The van der Waals surface area contributed by atoms with E-state index in [0.717, 1.165) is 16.8 Å². The Hall–Kier alpha value is -4.30. The van der Waals surface area contributed by atoms with Crippen molar-refractivity contribution in [1.82, 2.24) is 14.4 Å². The second-order valence-corrected chi connectivity index (χ2v) is 9.57. The van der Waals surface area contributed by atoms with Crippen molar-refractivity contribution in [3.63, 3.8) is 0 Å². The summed E-state index contributed by atoms with van der Waals surface area (Å²) < 4.78 is 34.4. The lowest BCUT2D eigenvalue weighted by molar-refractivity contribution is -0.133. The fourth-order valence-electron chi connectivity index (χ4n) is 4.48. The van der Waals surface area contributed by atoms with Crippen molar-refractivity contribution in [2.75, 3.05) is 26.8 Å². The third-order valence-corrected chi connectivity index (χ3v) is 6.57. The van der Waals surface area contributed by atoms with Gasteiger partial charge < -0.3 is 19.1 Å². The SMILES string of the molecule is COCCCN(CC(=O)N(Cc1ccccc1)Cc1cccn1Cc1ccc(F)cc1)C(=O)c1cccc(F)c1. The molecule has 1 aromatic heterocycles. The molecule has 4 aromatic rings. The summed E-state index contributed by atoms with van der Waals surface area (Å²) in [5, 5.41) is 0. The number of aromatic nitrogens is 1. The molecular weight excluding hydrogens is 512 g/mol. The van der Waals surface area contributed by atoms with E-state index in [4.69, 9.17) is 4.74 Å². The second-order valence-electron chi connectivity index (χ2n) is 9.57. The normalized spacial score (nSPS) is 10.9. The first kappa shape index (κ1) is 28.7. The highest BCUT2D eigenvalue weighted by atomic mass is 19.1. The Labute approximate surface area is 233 Å². The summed E-state index contributed by atoms with van der Waals surface area (Å²) in [5.41, 5.74) is 2.98. The third kappa shape index (κ3) is 8.10. The van der Waals surface area contributed by atoms with Crippen LogP contribution in [0.3, 0.4) is 0 Å². The number of carbonyl (C=O) groups excluding carboxylic acids is 2. The fraction of sp³-hybridized carbons (Fsp3) is 0.250. The Morgan fingerprint density at radius 2 is 1.57 bits per heavy atom. The zero-order valence-electron chi connectivity index (χ0n) is 22.5. The number of amides is 2. The maximum Gasteiger partial charge on any atom is 0.254 e. The number of nitrogens with zero attached hydrogens (tertiary/aromatic N) is 3. The van der Waals surface area contributed by atoms with Gasteiger partial charge in [-0.1, -0.05) is 48.5 Å². The van der Waals surface area contributed by atoms with Crippen LogP contribution in [0.1, 0.15) is 33.6 Å². The van der Waals surface area contributed by atoms with Crippen molar-refractivity contribution in [1.29, 1.82) is 0 Å². The molecule has 0 saturated carbocycles. The minimum Gasteiger partial charge on any atom is -0.385 e. The summed E-state index contributed by atoms with van der Waals surface area (Å²) in [6, 6.07) is 25.3. The van der Waals surface area contributed by atoms with Gasteiger partial charge in [0.1, 0.15) is 18.2 Å². The maximum atomic E-state index is 13.9. The summed E-state index contributed by atoms with van der Waals surface area (Å²) in [4.78, 5) is 30.3. The number of carbonyl (C=O) groups is 2. The Balaban J connectivity index is 1.56. The average molecular weight is 546 g/mol. The maximum absolute atomic E-state index is 13.9. The van der Waals surface area contributed by atoms with Crippen LogP contribution >= 0.6 is 0 Å². The van der Waals surface area contributed by atoms with Crippen LogP contribution < -0.4 is 0 Å². The van der Waals surface area contributed by atoms with Gasteiger partial charge in [-0.3, -0.25) is 9.59 Å². The van der Waals surface area contributed by atoms with Crippen molar-refractivity contribution >= 4 is 11.8 Å². The lowest BCUT2D eigenvalue weighted by Gasteiger charge is -2.28. The number of rotatable bonds is 13. The number of ether oxygens (including phenoxy) is 1. The molecule has 0 aliphatic rings. The molecule has 0 atom stereocenters. The molecule has 0 bridgehead atoms. The number of methoxy groups -OCH3 is 1. The van der Waals surface area contributed by atoms with Gasteiger partial charge in [0.05, 0.1) is 6.54 Å². The van der Waals surface area contributed by atoms with Gasteiger partial charge in [-0.15, -0.1) is 0 Å². The number of halogens is 2. The summed E-state index contributed by atoms with van der Waals surface area (Å²) in [6.07, 6.45) is 2.46. The van der Waals surface area contributed by atoms with E-state index in [0.29, 0.717) is 32.7 Å². The van der Waals surface area contributed by atoms with Crippen molar-refractivity contribution in [3.8, 4) is 0 Å². The van der Waals surface area contributed by atoms with Crippen LogP contribution in [0.25, 0.3) is 0 Å². The zero-order chi connectivity index (χ0) is 28.3. The molecule has 0 fully saturated rings. The molecule has 3 aromatic carbocycles. The Morgan fingerprint density at radius 3 is 2.30 bits per heavy atom. The van der Waals surface area contributed by atoms with Crippen LogP contribution in [0.2, 0.25) is 0 Å². The lowest BCUT2D eigenvalue weighted by Crippen LogP contribution is -2.43. The molecule has 1 heterocycles. The minimum atomic E-state index is -0.512. The van der Waals surface area contributed by atoms with Crippen LogP contribution in [0.4, 0.5) is 8.78 Å². The highest BCUT2D eigenvalue weighted by Crippen LogP contribution is 2.16. The number of hydrogen-bond acceptors (Lipinski definition) is 3. The zero-order valence-corrected chi connectivity index (χ0v) is 22.5. The number of benzene rings is 3. The Morgan fingerprint density at radius 1 is 0.800 bits per heavy atom. The van der Waals surface area contributed by atoms with Gasteiger partial charge in [0, 0.05) is 50.8 Å². The number of hydrogen-bond donors (Lipinski definition) is 0. The van der Waals surface area contributed by atoms with Crippen molar-refractivity contribution in [2.24, 2.45) is 0 Å². The molecule has 6 nitrogen and oxygen atoms in total. The predicted molar refractivity (Wildman–Crippen MR) is 149 cm³/mol. The third-order valence-electron chi connectivity index (χ3n) is 6.57. The molecule has 0 aliphatic carbocycles. The van der Waals surface area contributed by atoms with Crippen molar-refractivity contribution < 1.29 is 23.1 Å². The molecule has 0 spiro atoms. The van der Waals surface area contributed by atoms with Crippen molar-refractivity contribution in [3.05, 3.63) is 131 Å². The molecule has 8 heteroatoms. The summed E-state index contributed by atoms with van der Waals surface area (Å²) in [5.74, 6) is -1.45. The fourth-order valence-corrected chi connectivity index (χ4v) is 4.48. The Kier molecular flexibility index (Phi) is 10.2. The summed E-state index contributed by atoms with van der Waals surface area (Å²) in [7, 11) is 1.58. The topological polar surface area (TPSA) is 54.8 Å². The summed E-state index contributed by atoms with van der Waals surface area (Å²) in [6.45, 7) is 1.73. The average Bonchev–Trinajstić information content (AvgIpc) is 3.39. The van der Waals surface area contributed by atoms with E-state index in [1.165, 1.54) is 35.2 Å². The highest BCUT2D eigenvalue weighted by Gasteiger charge is 2.24. The van der Waals surface area contributed by atoms with Gasteiger partial charge in [-0.25, -0.2) is 8.78 Å². The van der Waals surface area contributed by atoms with Gasteiger partial charge in [0.25, 0.3) is 5.91 Å². The van der Waals surface area contributed by atoms with Gasteiger partial charge in [0.2, 0.25) is 5.91 Å². The van der Waals surface area contributed by atoms with Gasteiger partial charge in [-0.2, -0.15) is 0 Å². The van der Waals surface area contributed by atoms with E-state index in [1.54, 1.807) is 30.2 Å². The first-order valence-corrected chi connectivity index (χ1v) is 13.2. The monoisotopic (exact) mass is 545 g/mol. The standard InChI is InChI=1S/C32H33F2N3O3/c1-40-19-7-18-36(32(39)27-10-5-11-29(34)20-27)24-31(38)37(22-25-8-3-2-4-9-25)23-30-12-6-17-35(30)21-26-13-15-28(33)16-14-26/h2-6,8-17,20H,7,18-19,21-24H2,1H3. The molecule has 0 radical (unpaired) electrons. The van der Waals surface area contributed by atoms with Crippen LogP contribution in [0, 0.1) is 11.6 Å². The Bertz CT molecular complexity index is 1390. The molecular formula is C32H33F2N3O3. The van der Waals surface area contributed by atoms with Gasteiger partial charge >= 0.3 is 0 Å². The van der Waals surface area contributed by atoms with E-state index in [1.807, 2.05) is 53.2 Å². The van der Waals surface area contributed by atoms with Gasteiger partial charge in [0.15, 0.2) is 0 Å². The molecule has 40 heavy (non-hydrogen) atoms. The molecule has 0 N–H and O–H groups in total. The van der Waals surface area contributed by atoms with Crippen LogP contribution in [-0.2, 0) is 29.2 Å². The first-order chi connectivity index (χ1) is 19.4. The van der Waals surface area contributed by atoms with E-state index < -0.39 is 11.7 Å². The van der Waals surface area contributed by atoms with Crippen LogP contribution in [0.15, 0.2) is 97.2 Å².